The Balaban J connectivity index is 1.03. The lowest BCUT2D eigenvalue weighted by Gasteiger charge is -2.37. The second-order valence-electron chi connectivity index (χ2n) is 22.9. The summed E-state index contributed by atoms with van der Waals surface area (Å²) < 4.78 is 52.6. The molecule has 1 aromatic carbocycles. The van der Waals surface area contributed by atoms with Crippen LogP contribution in [0.5, 0.6) is 0 Å². The van der Waals surface area contributed by atoms with E-state index in [1.165, 1.54) is 35.5 Å². The number of aromatic nitrogens is 5. The molecule has 6 aliphatic rings. The Hall–Kier alpha value is -5.42. The highest BCUT2D eigenvalue weighted by molar-refractivity contribution is 7.91. The summed E-state index contributed by atoms with van der Waals surface area (Å²) in [7, 11) is -1.38. The van der Waals surface area contributed by atoms with Gasteiger partial charge >= 0.3 is 5.97 Å². The third kappa shape index (κ3) is 11.5. The van der Waals surface area contributed by atoms with Crippen molar-refractivity contribution in [3.05, 3.63) is 76.4 Å². The number of benzene rings is 1. The molecule has 8 heterocycles. The Bertz CT molecular complexity index is 3110. The fraction of sp³-hybridized carbons (Fsp3) is 0.596. The second kappa shape index (κ2) is 22.6. The number of nitrogens with one attached hydrogen (secondary N) is 2. The summed E-state index contributed by atoms with van der Waals surface area (Å²) in [6.07, 6.45) is 8.52. The molecule has 4 aromatic heterocycles. The van der Waals surface area contributed by atoms with Crippen LogP contribution in [0.3, 0.4) is 0 Å². The van der Waals surface area contributed by atoms with Crippen molar-refractivity contribution in [2.75, 3.05) is 76.1 Å². The Morgan fingerprint density at radius 3 is 2.54 bits per heavy atom. The van der Waals surface area contributed by atoms with Crippen LogP contribution in [-0.4, -0.2) is 156 Å². The normalized spacial score (nSPS) is 26.3. The van der Waals surface area contributed by atoms with Crippen LogP contribution in [0, 0.1) is 17.3 Å². The molecular formula is C57H74N10O9S2. The largest absolute Gasteiger partial charge is 0.464 e. The molecule has 2 N–H and O–H groups in total. The number of piperazine rings is 1. The van der Waals surface area contributed by atoms with Crippen LogP contribution in [0.25, 0.3) is 33.4 Å². The monoisotopic (exact) mass is 1110 g/mol. The van der Waals surface area contributed by atoms with E-state index in [4.69, 9.17) is 28.9 Å². The molecule has 0 unspecified atom stereocenters. The highest BCUT2D eigenvalue weighted by atomic mass is 32.2. The topological polar surface area (TPSA) is 213 Å². The maximum Gasteiger partial charge on any atom is 0.324 e. The van der Waals surface area contributed by atoms with Crippen LogP contribution in [0.15, 0.2) is 54.4 Å². The van der Waals surface area contributed by atoms with E-state index in [1.807, 2.05) is 38.4 Å². The Labute approximate surface area is 461 Å². The van der Waals surface area contributed by atoms with Gasteiger partial charge in [-0.25, -0.2) is 28.8 Å². The van der Waals surface area contributed by atoms with Gasteiger partial charge in [-0.2, -0.15) is 0 Å². The molecule has 7 atom stereocenters. The molecule has 4 aliphatic heterocycles. The van der Waals surface area contributed by atoms with E-state index in [0.717, 1.165) is 76.5 Å². The van der Waals surface area contributed by atoms with Crippen LogP contribution in [0.2, 0.25) is 0 Å². The van der Waals surface area contributed by atoms with Gasteiger partial charge in [-0.1, -0.05) is 26.8 Å². The summed E-state index contributed by atoms with van der Waals surface area (Å²) >= 11 is 1.37. The zero-order valence-electron chi connectivity index (χ0n) is 45.7. The van der Waals surface area contributed by atoms with E-state index in [1.54, 1.807) is 13.3 Å². The highest BCUT2D eigenvalue weighted by Crippen LogP contribution is 2.53. The minimum atomic E-state index is -3.08. The summed E-state index contributed by atoms with van der Waals surface area (Å²) in [4.78, 5) is 67.8. The van der Waals surface area contributed by atoms with Crippen LogP contribution < -0.4 is 15.6 Å². The van der Waals surface area contributed by atoms with Gasteiger partial charge in [0.25, 0.3) is 5.91 Å². The van der Waals surface area contributed by atoms with E-state index < -0.39 is 51.2 Å². The van der Waals surface area contributed by atoms with Crippen LogP contribution in [0.4, 0.5) is 5.69 Å². The van der Waals surface area contributed by atoms with Crippen molar-refractivity contribution in [3.8, 4) is 22.5 Å². The van der Waals surface area contributed by atoms with Gasteiger partial charge in [0.05, 0.1) is 65.9 Å². The first-order valence-corrected chi connectivity index (χ1v) is 30.7. The van der Waals surface area contributed by atoms with E-state index in [2.05, 4.69) is 73.2 Å². The first-order valence-electron chi connectivity index (χ1n) is 28.0. The van der Waals surface area contributed by atoms with Crippen molar-refractivity contribution < 1.29 is 41.7 Å². The lowest BCUT2D eigenvalue weighted by Crippen LogP contribution is -2.61. The zero-order valence-corrected chi connectivity index (χ0v) is 47.3. The number of carbonyl (C=O) groups excluding carboxylic acids is 3. The smallest absolute Gasteiger partial charge is 0.324 e. The molecular weight excluding hydrogens is 1030 g/mol. The van der Waals surface area contributed by atoms with Crippen LogP contribution in [0.1, 0.15) is 113 Å². The number of nitrogens with zero attached hydrogens (tertiary/aromatic N) is 8. The maximum absolute atomic E-state index is 15.0. The number of hydrogen-bond donors (Lipinski definition) is 2. The number of carbonyl (C=O) groups is 3. The SMILES string of the molecule is CCO[C@@H]1c2nc(cs2)-c2ccc3c(c2)c(c(-c2cc(N4CCN(C5CC5)CC4)cnc2[C@H](C)OC)n3CCOC2CCS(=O)(=O)CC2)CC(C)(C)COC(=O)[C@@H]2CCCN(N2)C(=O)[C@H]1NC(=O)[C@@H]1[C@@H](C)[C@H]1c1ccncn1. The molecule has 0 spiro atoms. The third-order valence-electron chi connectivity index (χ3n) is 16.9. The van der Waals surface area contributed by atoms with Gasteiger partial charge in [-0.05, 0) is 94.5 Å². The number of hydrazine groups is 1. The standard InChI is InChI=1S/C57H74N10O9S2/c1-7-74-52-50(62-53(68)48-34(2)47(48)43-14-17-58-33-60-43)55(69)67-18-8-9-44(63-67)56(70)76-32-57(4,5)29-42-40-27-36(45-31-77-54(52)61-45)10-13-46(40)66(23-24-75-39-15-25-78(71,72)26-16-39)51(42)41-28-38(30-59-49(41)35(3)73-6)65-21-19-64(20-22-65)37-11-12-37/h10,13-14,17,27-28,30-31,33-35,37,39,44,47-48,50,52,63H,7-9,11-12,15-16,18-26,29,32H2,1-6H3,(H,62,68)/t34-,35-,44-,47-,48+,50-,52-/m0/s1. The fourth-order valence-corrected chi connectivity index (χ4v) is 14.6. The number of fused-ring (bicyclic) bond motifs is 6. The molecule has 0 radical (unpaired) electrons. The number of rotatable bonds is 14. The number of anilines is 1. The quantitative estimate of drug-likeness (QED) is 0.115. The van der Waals surface area contributed by atoms with Gasteiger partial charge in [-0.3, -0.25) is 29.3 Å². The molecule has 2 amide bonds. The molecule has 21 heteroatoms. The molecule has 2 saturated carbocycles. The number of thiazole rings is 1. The Morgan fingerprint density at radius 2 is 1.81 bits per heavy atom. The van der Waals surface area contributed by atoms with Gasteiger partial charge in [0.15, 0.2) is 9.84 Å². The summed E-state index contributed by atoms with van der Waals surface area (Å²) in [5.74, 6) is -1.57. The zero-order chi connectivity index (χ0) is 54.5. The van der Waals surface area contributed by atoms with Gasteiger partial charge in [0.1, 0.15) is 29.5 Å². The van der Waals surface area contributed by atoms with Crippen molar-refractivity contribution in [1.82, 2.24) is 45.2 Å². The molecule has 6 bridgehead atoms. The van der Waals surface area contributed by atoms with Crippen LogP contribution >= 0.6 is 11.3 Å². The maximum atomic E-state index is 15.0. The average Bonchev–Trinajstić information content (AvgIpc) is 4.52. The molecule has 78 heavy (non-hydrogen) atoms. The average molecular weight is 1110 g/mol. The minimum absolute atomic E-state index is 0.0218. The van der Waals surface area contributed by atoms with E-state index in [-0.39, 0.29) is 54.7 Å². The number of amides is 2. The lowest BCUT2D eigenvalue weighted by atomic mass is 9.84. The predicted molar refractivity (Wildman–Crippen MR) is 296 cm³/mol. The van der Waals surface area contributed by atoms with Crippen molar-refractivity contribution in [2.24, 2.45) is 17.3 Å². The molecule has 5 fully saturated rings. The highest BCUT2D eigenvalue weighted by Gasteiger charge is 2.54. The minimum Gasteiger partial charge on any atom is -0.464 e. The van der Waals surface area contributed by atoms with Gasteiger partial charge in [0, 0.05) is 116 Å². The number of sulfone groups is 1. The van der Waals surface area contributed by atoms with E-state index in [0.29, 0.717) is 68.5 Å². The van der Waals surface area contributed by atoms with Crippen LogP contribution in [-0.2, 0) is 56.1 Å². The molecule has 3 saturated heterocycles. The van der Waals surface area contributed by atoms with Gasteiger partial charge in [-0.15, -0.1) is 11.3 Å². The number of hydrogen-bond acceptors (Lipinski definition) is 17. The summed E-state index contributed by atoms with van der Waals surface area (Å²) in [6.45, 7) is 15.3. The van der Waals surface area contributed by atoms with E-state index >= 15 is 4.79 Å². The summed E-state index contributed by atoms with van der Waals surface area (Å²) in [5, 5.41) is 8.04. The van der Waals surface area contributed by atoms with E-state index in [9.17, 15) is 18.0 Å². The predicted octanol–water partition coefficient (Wildman–Crippen LogP) is 6.44. The summed E-state index contributed by atoms with van der Waals surface area (Å²) in [5.41, 5.74) is 10.6. The Kier molecular flexibility index (Phi) is 15.8. The lowest BCUT2D eigenvalue weighted by molar-refractivity contribution is -0.156. The first kappa shape index (κ1) is 54.5. The molecule has 5 aromatic rings. The van der Waals surface area contributed by atoms with Gasteiger partial charge in [0.2, 0.25) is 5.91 Å². The fourth-order valence-electron chi connectivity index (χ4n) is 12.2. The van der Waals surface area contributed by atoms with Crippen molar-refractivity contribution in [3.63, 3.8) is 0 Å². The van der Waals surface area contributed by atoms with Crippen molar-refractivity contribution in [2.45, 2.75) is 128 Å². The summed E-state index contributed by atoms with van der Waals surface area (Å²) in [6, 6.07) is 9.14. The number of methoxy groups -OCH3 is 1. The molecule has 418 valence electrons. The second-order valence-corrected chi connectivity index (χ2v) is 26.1. The van der Waals surface area contributed by atoms with Gasteiger partial charge < -0.3 is 33.7 Å². The number of cyclic esters (lactones) is 1. The van der Waals surface area contributed by atoms with Crippen molar-refractivity contribution in [1.29, 1.82) is 0 Å². The number of esters is 1. The Morgan fingerprint density at radius 1 is 1.01 bits per heavy atom. The molecule has 11 rings (SSSR count). The van der Waals surface area contributed by atoms with Crippen molar-refractivity contribution >= 4 is 55.5 Å². The molecule has 19 nitrogen and oxygen atoms in total. The number of pyridine rings is 1. The number of ether oxygens (including phenoxy) is 4. The first-order chi connectivity index (χ1) is 37.6. The third-order valence-corrected chi connectivity index (χ3v) is 19.5. The molecule has 2 aliphatic carbocycles.